The van der Waals surface area contributed by atoms with Gasteiger partial charge >= 0.3 is 0 Å². The van der Waals surface area contributed by atoms with Crippen LogP contribution in [-0.4, -0.2) is 47.2 Å². The third kappa shape index (κ3) is 1.47. The highest BCUT2D eigenvalue weighted by molar-refractivity contribution is 4.92. The molecule has 2 aliphatic heterocycles. The molecular weight excluding hydrogens is 176 g/mol. The van der Waals surface area contributed by atoms with Gasteiger partial charge in [-0.15, -0.1) is 0 Å². The molecule has 0 amide bonds. The van der Waals surface area contributed by atoms with Crippen molar-refractivity contribution < 1.29 is 24.4 Å². The second-order valence-corrected chi connectivity index (χ2v) is 3.82. The van der Waals surface area contributed by atoms with Gasteiger partial charge in [0.15, 0.2) is 12.1 Å². The average molecular weight is 190 g/mol. The first-order valence-corrected chi connectivity index (χ1v) is 4.33. The minimum absolute atomic E-state index is 0.221. The van der Waals surface area contributed by atoms with E-state index in [0.29, 0.717) is 0 Å². The van der Waals surface area contributed by atoms with Gasteiger partial charge in [0.1, 0.15) is 18.3 Å². The fraction of sp³-hybridized carbons (Fsp3) is 1.00. The highest BCUT2D eigenvalue weighted by Crippen LogP contribution is 2.36. The minimum atomic E-state index is -0.809. The SMILES string of the molecule is CC1(C)O[C@H]2O[C@@H](CO)[C@H](O)[C@@H]2O1. The summed E-state index contributed by atoms with van der Waals surface area (Å²) in [5.74, 6) is -0.712. The number of fused-ring (bicyclic) bond motifs is 1. The maximum Gasteiger partial charge on any atom is 0.190 e. The molecule has 5 nitrogen and oxygen atoms in total. The largest absolute Gasteiger partial charge is 0.394 e. The Hall–Kier alpha value is -0.200. The Morgan fingerprint density at radius 1 is 1.31 bits per heavy atom. The van der Waals surface area contributed by atoms with Gasteiger partial charge in [-0.1, -0.05) is 0 Å². The molecule has 2 fully saturated rings. The van der Waals surface area contributed by atoms with Crippen LogP contribution in [-0.2, 0) is 14.2 Å². The van der Waals surface area contributed by atoms with Crippen LogP contribution in [0.3, 0.4) is 0 Å². The Labute approximate surface area is 76.2 Å². The van der Waals surface area contributed by atoms with Gasteiger partial charge in [-0.25, -0.2) is 0 Å². The summed E-state index contributed by atoms with van der Waals surface area (Å²) < 4.78 is 16.0. The van der Waals surface area contributed by atoms with Gasteiger partial charge in [-0.2, -0.15) is 0 Å². The second kappa shape index (κ2) is 2.90. The molecule has 0 radical (unpaired) electrons. The molecule has 2 saturated heterocycles. The Morgan fingerprint density at radius 2 is 2.00 bits per heavy atom. The van der Waals surface area contributed by atoms with Crippen molar-refractivity contribution >= 4 is 0 Å². The lowest BCUT2D eigenvalue weighted by Gasteiger charge is -2.21. The molecule has 0 unspecified atom stereocenters. The highest BCUT2D eigenvalue weighted by Gasteiger charge is 2.53. The molecule has 0 bridgehead atoms. The topological polar surface area (TPSA) is 68.2 Å². The van der Waals surface area contributed by atoms with Crippen LogP contribution in [0.25, 0.3) is 0 Å². The lowest BCUT2D eigenvalue weighted by atomic mass is 10.1. The summed E-state index contributed by atoms with van der Waals surface area (Å²) in [7, 11) is 0. The first kappa shape index (κ1) is 9.36. The number of hydrogen-bond acceptors (Lipinski definition) is 5. The van der Waals surface area contributed by atoms with Crippen LogP contribution in [0.2, 0.25) is 0 Å². The lowest BCUT2D eigenvalue weighted by Crippen LogP contribution is -2.36. The smallest absolute Gasteiger partial charge is 0.190 e. The van der Waals surface area contributed by atoms with Crippen LogP contribution in [0.1, 0.15) is 13.8 Å². The van der Waals surface area contributed by atoms with Gasteiger partial charge in [0, 0.05) is 0 Å². The van der Waals surface area contributed by atoms with Crippen molar-refractivity contribution in [1.82, 2.24) is 0 Å². The third-order valence-corrected chi connectivity index (χ3v) is 2.29. The second-order valence-electron chi connectivity index (χ2n) is 3.82. The standard InChI is InChI=1S/C8H14O5/c1-8(2)12-6-5(10)4(3-9)11-7(6)13-8/h4-7,9-10H,3H2,1-2H3/t4-,5-,6-,7+/m0/s1. The van der Waals surface area contributed by atoms with Crippen molar-refractivity contribution in [2.24, 2.45) is 0 Å². The maximum absolute atomic E-state index is 9.60. The van der Waals surface area contributed by atoms with Crippen molar-refractivity contribution in [2.45, 2.75) is 44.2 Å². The van der Waals surface area contributed by atoms with Crippen LogP contribution in [0.15, 0.2) is 0 Å². The van der Waals surface area contributed by atoms with Crippen LogP contribution in [0.4, 0.5) is 0 Å². The Morgan fingerprint density at radius 3 is 2.54 bits per heavy atom. The minimum Gasteiger partial charge on any atom is -0.394 e. The Bertz CT molecular complexity index is 205. The van der Waals surface area contributed by atoms with E-state index in [2.05, 4.69) is 0 Å². The van der Waals surface area contributed by atoms with E-state index < -0.39 is 30.4 Å². The molecule has 0 aromatic heterocycles. The van der Waals surface area contributed by atoms with Gasteiger partial charge in [0.25, 0.3) is 0 Å². The van der Waals surface area contributed by atoms with E-state index in [1.54, 1.807) is 13.8 Å². The molecule has 76 valence electrons. The number of aliphatic hydroxyl groups excluding tert-OH is 2. The molecule has 5 heteroatoms. The van der Waals surface area contributed by atoms with Crippen molar-refractivity contribution in [1.29, 1.82) is 0 Å². The van der Waals surface area contributed by atoms with E-state index in [1.807, 2.05) is 0 Å². The van der Waals surface area contributed by atoms with Crippen LogP contribution in [0.5, 0.6) is 0 Å². The van der Waals surface area contributed by atoms with Crippen molar-refractivity contribution in [2.75, 3.05) is 6.61 Å². The fourth-order valence-corrected chi connectivity index (χ4v) is 1.71. The first-order valence-electron chi connectivity index (χ1n) is 4.33. The summed E-state index contributed by atoms with van der Waals surface area (Å²) in [6.45, 7) is 3.30. The van der Waals surface area contributed by atoms with Gasteiger partial charge in [0.05, 0.1) is 6.61 Å². The molecule has 0 aromatic carbocycles. The van der Waals surface area contributed by atoms with Crippen molar-refractivity contribution in [3.63, 3.8) is 0 Å². The van der Waals surface area contributed by atoms with E-state index >= 15 is 0 Å². The van der Waals surface area contributed by atoms with Gasteiger partial charge in [0.2, 0.25) is 0 Å². The lowest BCUT2D eigenvalue weighted by molar-refractivity contribution is -0.218. The summed E-state index contributed by atoms with van der Waals surface area (Å²) in [5.41, 5.74) is 0. The van der Waals surface area contributed by atoms with Gasteiger partial charge < -0.3 is 24.4 Å². The molecule has 0 aromatic rings. The quantitative estimate of drug-likeness (QED) is 0.567. The maximum atomic E-state index is 9.60. The molecule has 2 N–H and O–H groups in total. The molecule has 0 spiro atoms. The summed E-state index contributed by atoms with van der Waals surface area (Å²) in [6.07, 6.45) is -2.43. The molecule has 4 atom stereocenters. The molecule has 2 rings (SSSR count). The monoisotopic (exact) mass is 190 g/mol. The van der Waals surface area contributed by atoms with Crippen molar-refractivity contribution in [3.8, 4) is 0 Å². The first-order chi connectivity index (χ1) is 6.03. The number of aliphatic hydroxyl groups is 2. The summed E-state index contributed by atoms with van der Waals surface area (Å²) in [5, 5.41) is 18.4. The number of ether oxygens (including phenoxy) is 3. The number of hydrogen-bond donors (Lipinski definition) is 2. The zero-order chi connectivity index (χ0) is 9.64. The Balaban J connectivity index is 2.07. The van der Waals surface area contributed by atoms with E-state index in [0.717, 1.165) is 0 Å². The molecular formula is C8H14O5. The van der Waals surface area contributed by atoms with E-state index in [-0.39, 0.29) is 6.61 Å². The third-order valence-electron chi connectivity index (χ3n) is 2.29. The van der Waals surface area contributed by atoms with Crippen LogP contribution >= 0.6 is 0 Å². The zero-order valence-corrected chi connectivity index (χ0v) is 7.64. The van der Waals surface area contributed by atoms with E-state index in [9.17, 15) is 5.11 Å². The summed E-state index contributed by atoms with van der Waals surface area (Å²) in [6, 6.07) is 0. The summed E-state index contributed by atoms with van der Waals surface area (Å²) in [4.78, 5) is 0. The predicted octanol–water partition coefficient (Wildman–Crippen LogP) is -0.784. The average Bonchev–Trinajstić information content (AvgIpc) is 2.47. The molecule has 2 heterocycles. The van der Waals surface area contributed by atoms with Crippen LogP contribution < -0.4 is 0 Å². The molecule has 2 aliphatic rings. The Kier molecular flexibility index (Phi) is 2.08. The summed E-state index contributed by atoms with van der Waals surface area (Å²) >= 11 is 0. The number of rotatable bonds is 1. The van der Waals surface area contributed by atoms with Crippen molar-refractivity contribution in [3.05, 3.63) is 0 Å². The van der Waals surface area contributed by atoms with Crippen LogP contribution in [0, 0.1) is 0 Å². The highest BCUT2D eigenvalue weighted by atomic mass is 16.8. The molecule has 0 aliphatic carbocycles. The normalized spacial score (nSPS) is 48.0. The van der Waals surface area contributed by atoms with Gasteiger partial charge in [-0.05, 0) is 13.8 Å². The predicted molar refractivity (Wildman–Crippen MR) is 41.8 cm³/mol. The van der Waals surface area contributed by atoms with E-state index in [4.69, 9.17) is 19.3 Å². The molecule has 13 heavy (non-hydrogen) atoms. The molecule has 0 saturated carbocycles. The zero-order valence-electron chi connectivity index (χ0n) is 7.64. The van der Waals surface area contributed by atoms with E-state index in [1.165, 1.54) is 0 Å². The van der Waals surface area contributed by atoms with Gasteiger partial charge in [-0.3, -0.25) is 0 Å². The fourth-order valence-electron chi connectivity index (χ4n) is 1.71.